The van der Waals surface area contributed by atoms with Crippen molar-refractivity contribution in [2.45, 2.75) is 6.92 Å². The van der Waals surface area contributed by atoms with Crippen LogP contribution in [0.3, 0.4) is 0 Å². The van der Waals surface area contributed by atoms with E-state index in [0.29, 0.717) is 0 Å². The van der Waals surface area contributed by atoms with Crippen molar-refractivity contribution < 1.29 is 0 Å². The fourth-order valence-electron chi connectivity index (χ4n) is 0.533. The molecule has 0 N–H and O–H groups in total. The van der Waals surface area contributed by atoms with Crippen LogP contribution in [0, 0.1) is 6.92 Å². The first kappa shape index (κ1) is 9.47. The van der Waals surface area contributed by atoms with Gasteiger partial charge in [0.25, 0.3) is 0 Å². The Balaban J connectivity index is 0.000000640. The van der Waals surface area contributed by atoms with Crippen LogP contribution in [0.4, 0.5) is 0 Å². The van der Waals surface area contributed by atoms with Crippen molar-refractivity contribution in [2.75, 3.05) is 0 Å². The maximum absolute atomic E-state index is 3.35. The topological polar surface area (TPSA) is 0 Å². The van der Waals surface area contributed by atoms with Crippen LogP contribution in [0.15, 0.2) is 28.7 Å². The molecule has 0 saturated heterocycles. The van der Waals surface area contributed by atoms with Crippen LogP contribution in [-0.4, -0.2) is 23.1 Å². The van der Waals surface area contributed by atoms with Gasteiger partial charge in [0.15, 0.2) is 0 Å². The molecule has 0 spiro atoms. The lowest BCUT2D eigenvalue weighted by Crippen LogP contribution is -1.66. The maximum Gasteiger partial charge on any atom is 0.0175 e. The summed E-state index contributed by atoms with van der Waals surface area (Å²) in [5.41, 5.74) is 1.30. The first-order valence-electron chi connectivity index (χ1n) is 2.51. The summed E-state index contributed by atoms with van der Waals surface area (Å²) in [6.07, 6.45) is 0. The zero-order valence-corrected chi connectivity index (χ0v) is 8.39. The molecule has 0 aromatic heterocycles. The number of hydrogen-bond donors (Lipinski definition) is 0. The molecule has 44 valence electrons. The van der Waals surface area contributed by atoms with Crippen LogP contribution in [0.25, 0.3) is 0 Å². The summed E-state index contributed by atoms with van der Waals surface area (Å²) in [5, 5.41) is 0. The number of aryl methyl sites for hydroxylation is 1. The minimum Gasteiger partial charge on any atom is -0.0582 e. The summed E-state index contributed by atoms with van der Waals surface area (Å²) in [4.78, 5) is 0. The Bertz CT molecular complexity index is 148. The Kier molecular flexibility index (Phi) is 4.53. The van der Waals surface area contributed by atoms with E-state index in [1.54, 1.807) is 0 Å². The van der Waals surface area contributed by atoms with Gasteiger partial charge in [0.2, 0.25) is 0 Å². The molecule has 0 saturated carbocycles. The second kappa shape index (κ2) is 4.31. The fraction of sp³-hybridized carbons (Fsp3) is 0.143. The lowest BCUT2D eigenvalue weighted by atomic mass is 10.2. The summed E-state index contributed by atoms with van der Waals surface area (Å²) in [6.45, 7) is 2.08. The van der Waals surface area contributed by atoms with Gasteiger partial charge >= 0.3 is 0 Å². The third-order valence-corrected chi connectivity index (χ3v) is 1.54. The standard InChI is InChI=1S/C7H7Br.Mg/c1-6-2-4-7(8)5-3-6;/h2-5H,1H3;. The van der Waals surface area contributed by atoms with E-state index < -0.39 is 0 Å². The van der Waals surface area contributed by atoms with Crippen molar-refractivity contribution in [3.8, 4) is 0 Å². The molecule has 1 aromatic carbocycles. The number of rotatable bonds is 0. The highest BCUT2D eigenvalue weighted by Crippen LogP contribution is 2.08. The van der Waals surface area contributed by atoms with Gasteiger partial charge in [-0.3, -0.25) is 0 Å². The molecule has 2 heteroatoms. The number of hydrogen-bond acceptors (Lipinski definition) is 0. The molecule has 0 fully saturated rings. The Morgan fingerprint density at radius 3 is 1.89 bits per heavy atom. The van der Waals surface area contributed by atoms with Gasteiger partial charge in [-0.25, -0.2) is 0 Å². The van der Waals surface area contributed by atoms with Crippen LogP contribution in [0.1, 0.15) is 5.56 Å². The molecule has 0 aliphatic rings. The van der Waals surface area contributed by atoms with Gasteiger partial charge in [0, 0.05) is 27.5 Å². The second-order valence-corrected chi connectivity index (χ2v) is 2.71. The average molecular weight is 195 g/mol. The summed E-state index contributed by atoms with van der Waals surface area (Å²) in [7, 11) is 0. The minimum absolute atomic E-state index is 0. The molecular weight excluding hydrogens is 188 g/mol. The largest absolute Gasteiger partial charge is 0.0582 e. The molecular formula is C7H7BrMg. The van der Waals surface area contributed by atoms with Crippen molar-refractivity contribution in [2.24, 2.45) is 0 Å². The molecule has 1 aromatic rings. The van der Waals surface area contributed by atoms with E-state index in [4.69, 9.17) is 0 Å². The van der Waals surface area contributed by atoms with Crippen LogP contribution in [-0.2, 0) is 0 Å². The van der Waals surface area contributed by atoms with Crippen LogP contribution < -0.4 is 0 Å². The molecule has 0 nitrogen and oxygen atoms in total. The summed E-state index contributed by atoms with van der Waals surface area (Å²) in [5.74, 6) is 0. The lowest BCUT2D eigenvalue weighted by molar-refractivity contribution is 1.46. The van der Waals surface area contributed by atoms with Gasteiger partial charge < -0.3 is 0 Å². The lowest BCUT2D eigenvalue weighted by Gasteiger charge is -1.88. The third-order valence-electron chi connectivity index (χ3n) is 1.01. The highest BCUT2D eigenvalue weighted by Gasteiger charge is 1.81. The molecule has 0 aliphatic carbocycles. The fourth-order valence-corrected chi connectivity index (χ4v) is 0.798. The molecule has 0 amide bonds. The van der Waals surface area contributed by atoms with E-state index in [1.165, 1.54) is 5.56 Å². The highest BCUT2D eigenvalue weighted by atomic mass is 79.9. The smallest absolute Gasteiger partial charge is 0.0175 e. The van der Waals surface area contributed by atoms with Crippen molar-refractivity contribution in [3.05, 3.63) is 34.3 Å². The van der Waals surface area contributed by atoms with Gasteiger partial charge in [-0.05, 0) is 19.1 Å². The maximum atomic E-state index is 3.35. The van der Waals surface area contributed by atoms with Gasteiger partial charge in [-0.1, -0.05) is 33.6 Å². The quantitative estimate of drug-likeness (QED) is 0.558. The van der Waals surface area contributed by atoms with Crippen molar-refractivity contribution in [1.82, 2.24) is 0 Å². The predicted molar refractivity (Wildman–Crippen MR) is 44.6 cm³/mol. The monoisotopic (exact) mass is 194 g/mol. The van der Waals surface area contributed by atoms with E-state index in [2.05, 4.69) is 35.0 Å². The Hall–Kier alpha value is 0.466. The molecule has 0 bridgehead atoms. The minimum atomic E-state index is 0. The summed E-state index contributed by atoms with van der Waals surface area (Å²) < 4.78 is 1.14. The average Bonchev–Trinajstić information content (AvgIpc) is 1.77. The highest BCUT2D eigenvalue weighted by molar-refractivity contribution is 9.10. The molecule has 0 heterocycles. The molecule has 1 rings (SSSR count). The first-order valence-corrected chi connectivity index (χ1v) is 3.30. The zero-order valence-electron chi connectivity index (χ0n) is 5.39. The van der Waals surface area contributed by atoms with Gasteiger partial charge in [-0.2, -0.15) is 0 Å². The van der Waals surface area contributed by atoms with E-state index in [0.717, 1.165) is 4.47 Å². The van der Waals surface area contributed by atoms with Crippen molar-refractivity contribution in [3.63, 3.8) is 0 Å². The molecule has 2 radical (unpaired) electrons. The molecule has 9 heavy (non-hydrogen) atoms. The Morgan fingerprint density at radius 2 is 1.56 bits per heavy atom. The van der Waals surface area contributed by atoms with Gasteiger partial charge in [0.1, 0.15) is 0 Å². The SMILES string of the molecule is Cc1ccc(Br)cc1.[Mg]. The molecule has 0 aliphatic heterocycles. The van der Waals surface area contributed by atoms with Crippen molar-refractivity contribution in [1.29, 1.82) is 0 Å². The van der Waals surface area contributed by atoms with Gasteiger partial charge in [-0.15, -0.1) is 0 Å². The van der Waals surface area contributed by atoms with E-state index >= 15 is 0 Å². The van der Waals surface area contributed by atoms with Crippen LogP contribution in [0.5, 0.6) is 0 Å². The number of halogens is 1. The first-order chi connectivity index (χ1) is 3.79. The van der Waals surface area contributed by atoms with E-state index in [1.807, 2.05) is 12.1 Å². The zero-order chi connectivity index (χ0) is 5.98. The normalized spacial score (nSPS) is 8.22. The van der Waals surface area contributed by atoms with Gasteiger partial charge in [0.05, 0.1) is 0 Å². The van der Waals surface area contributed by atoms with Crippen LogP contribution in [0.2, 0.25) is 0 Å². The van der Waals surface area contributed by atoms with Crippen LogP contribution >= 0.6 is 15.9 Å². The second-order valence-electron chi connectivity index (χ2n) is 1.80. The summed E-state index contributed by atoms with van der Waals surface area (Å²) >= 11 is 3.35. The Morgan fingerprint density at radius 1 is 1.11 bits per heavy atom. The van der Waals surface area contributed by atoms with Crippen molar-refractivity contribution >= 4 is 39.0 Å². The molecule has 0 unspecified atom stereocenters. The van der Waals surface area contributed by atoms with E-state index in [-0.39, 0.29) is 23.1 Å². The van der Waals surface area contributed by atoms with E-state index in [9.17, 15) is 0 Å². The third kappa shape index (κ3) is 3.23. The number of benzene rings is 1. The summed E-state index contributed by atoms with van der Waals surface area (Å²) in [6, 6.07) is 8.22. The molecule has 0 atom stereocenters. The Labute approximate surface area is 79.9 Å². The predicted octanol–water partition coefficient (Wildman–Crippen LogP) is 2.38.